The molecule has 2 unspecified atom stereocenters. The van der Waals surface area contributed by atoms with E-state index in [-0.39, 0.29) is 11.9 Å². The van der Waals surface area contributed by atoms with Gasteiger partial charge in [-0.2, -0.15) is 0 Å². The van der Waals surface area contributed by atoms with Crippen LogP contribution in [0.2, 0.25) is 0 Å². The van der Waals surface area contributed by atoms with Gasteiger partial charge in [-0.15, -0.1) is 0 Å². The molecule has 0 radical (unpaired) electrons. The molecular formula is C14H19N5O. The normalized spacial score (nSPS) is 23.2. The second-order valence-corrected chi connectivity index (χ2v) is 5.37. The molecule has 0 bridgehead atoms. The first-order valence-electron chi connectivity index (χ1n) is 7.01. The first-order chi connectivity index (χ1) is 9.70. The molecule has 20 heavy (non-hydrogen) atoms. The number of hydrogen-bond donors (Lipinski definition) is 1. The van der Waals surface area contributed by atoms with Gasteiger partial charge in [0.1, 0.15) is 5.69 Å². The van der Waals surface area contributed by atoms with E-state index in [1.165, 1.54) is 0 Å². The Bertz CT molecular complexity index is 590. The lowest BCUT2D eigenvalue weighted by Gasteiger charge is -2.39. The van der Waals surface area contributed by atoms with Crippen molar-refractivity contribution in [3.8, 4) is 0 Å². The van der Waals surface area contributed by atoms with Crippen molar-refractivity contribution in [2.75, 3.05) is 13.1 Å². The molecule has 1 fully saturated rings. The third kappa shape index (κ3) is 2.16. The second-order valence-electron chi connectivity index (χ2n) is 5.37. The van der Waals surface area contributed by atoms with E-state index in [0.717, 1.165) is 19.4 Å². The fourth-order valence-corrected chi connectivity index (χ4v) is 2.94. The number of nitrogens with zero attached hydrogens (tertiary/aromatic N) is 4. The maximum atomic E-state index is 12.7. The summed E-state index contributed by atoms with van der Waals surface area (Å²) in [5.74, 6) is 0.940. The highest BCUT2D eigenvalue weighted by atomic mass is 16.2. The van der Waals surface area contributed by atoms with Gasteiger partial charge in [-0.05, 0) is 24.8 Å². The Morgan fingerprint density at radius 1 is 1.55 bits per heavy atom. The number of carbonyl (C=O) groups is 1. The van der Waals surface area contributed by atoms with Gasteiger partial charge in [-0.3, -0.25) is 9.20 Å². The van der Waals surface area contributed by atoms with Crippen molar-refractivity contribution in [2.24, 2.45) is 11.7 Å². The highest BCUT2D eigenvalue weighted by Gasteiger charge is 2.32. The highest BCUT2D eigenvalue weighted by molar-refractivity contribution is 5.93. The molecule has 2 atom stereocenters. The van der Waals surface area contributed by atoms with Crippen LogP contribution in [0.4, 0.5) is 0 Å². The fraction of sp³-hybridized carbons (Fsp3) is 0.500. The zero-order chi connectivity index (χ0) is 14.1. The van der Waals surface area contributed by atoms with Gasteiger partial charge in [0.2, 0.25) is 5.78 Å². The smallest absolute Gasteiger partial charge is 0.274 e. The molecule has 6 nitrogen and oxygen atoms in total. The standard InChI is InChI=1S/C14H19N5O/c1-10-4-2-7-19(12(10)8-15)13(20)11-9-18-6-3-5-16-14(18)17-11/h3,5-6,9-10,12H,2,4,7-8,15H2,1H3. The molecule has 6 heteroatoms. The van der Waals surface area contributed by atoms with Gasteiger partial charge in [0.05, 0.1) is 0 Å². The minimum Gasteiger partial charge on any atom is -0.333 e. The van der Waals surface area contributed by atoms with Crippen LogP contribution in [-0.2, 0) is 0 Å². The maximum Gasteiger partial charge on any atom is 0.274 e. The Kier molecular flexibility index (Phi) is 3.40. The third-order valence-corrected chi connectivity index (χ3v) is 4.07. The van der Waals surface area contributed by atoms with Crippen LogP contribution in [0.5, 0.6) is 0 Å². The number of imidazole rings is 1. The zero-order valence-electron chi connectivity index (χ0n) is 11.6. The van der Waals surface area contributed by atoms with Crippen LogP contribution >= 0.6 is 0 Å². The van der Waals surface area contributed by atoms with Crippen LogP contribution in [0.15, 0.2) is 24.7 Å². The Morgan fingerprint density at radius 2 is 2.40 bits per heavy atom. The molecule has 0 saturated carbocycles. The van der Waals surface area contributed by atoms with E-state index >= 15 is 0 Å². The SMILES string of the molecule is CC1CCCN(C(=O)c2cn3cccnc3n2)C1CN. The summed E-state index contributed by atoms with van der Waals surface area (Å²) in [5, 5.41) is 0. The summed E-state index contributed by atoms with van der Waals surface area (Å²) in [6, 6.07) is 1.92. The van der Waals surface area contributed by atoms with Gasteiger partial charge < -0.3 is 10.6 Å². The van der Waals surface area contributed by atoms with Crippen molar-refractivity contribution in [3.05, 3.63) is 30.4 Å². The van der Waals surface area contributed by atoms with Gasteiger partial charge in [-0.25, -0.2) is 9.97 Å². The summed E-state index contributed by atoms with van der Waals surface area (Å²) in [5.41, 5.74) is 6.28. The van der Waals surface area contributed by atoms with Gasteiger partial charge in [0.25, 0.3) is 5.91 Å². The van der Waals surface area contributed by atoms with Gasteiger partial charge in [-0.1, -0.05) is 6.92 Å². The second kappa shape index (κ2) is 5.20. The average molecular weight is 273 g/mol. The molecule has 1 aliphatic heterocycles. The largest absolute Gasteiger partial charge is 0.333 e. The van der Waals surface area contributed by atoms with E-state index in [0.29, 0.717) is 23.9 Å². The number of nitrogens with two attached hydrogens (primary N) is 1. The van der Waals surface area contributed by atoms with E-state index in [1.807, 2.05) is 17.2 Å². The van der Waals surface area contributed by atoms with Gasteiger partial charge >= 0.3 is 0 Å². The van der Waals surface area contributed by atoms with Crippen LogP contribution < -0.4 is 5.73 Å². The number of piperidine rings is 1. The number of carbonyl (C=O) groups excluding carboxylic acids is 1. The minimum absolute atomic E-state index is 0.0440. The predicted molar refractivity (Wildman–Crippen MR) is 75.3 cm³/mol. The van der Waals surface area contributed by atoms with Gasteiger partial charge in [0.15, 0.2) is 0 Å². The molecule has 1 saturated heterocycles. The van der Waals surface area contributed by atoms with Crippen molar-refractivity contribution in [3.63, 3.8) is 0 Å². The quantitative estimate of drug-likeness (QED) is 0.883. The molecule has 2 N–H and O–H groups in total. The minimum atomic E-state index is -0.0440. The monoisotopic (exact) mass is 273 g/mol. The summed E-state index contributed by atoms with van der Waals surface area (Å²) in [6.07, 6.45) is 7.39. The lowest BCUT2D eigenvalue weighted by Crippen LogP contribution is -2.51. The maximum absolute atomic E-state index is 12.7. The van der Waals surface area contributed by atoms with Crippen LogP contribution in [-0.4, -0.2) is 44.3 Å². The number of amides is 1. The zero-order valence-corrected chi connectivity index (χ0v) is 11.6. The lowest BCUT2D eigenvalue weighted by molar-refractivity contribution is 0.0527. The number of fused-ring (bicyclic) bond motifs is 1. The average Bonchev–Trinajstić information content (AvgIpc) is 2.90. The van der Waals surface area contributed by atoms with E-state index < -0.39 is 0 Å². The summed E-state index contributed by atoms with van der Waals surface area (Å²) in [4.78, 5) is 23.0. The van der Waals surface area contributed by atoms with Crippen molar-refractivity contribution in [2.45, 2.75) is 25.8 Å². The van der Waals surface area contributed by atoms with Crippen molar-refractivity contribution >= 4 is 11.7 Å². The molecule has 2 aromatic rings. The summed E-state index contributed by atoms with van der Waals surface area (Å²) in [7, 11) is 0. The molecule has 0 aromatic carbocycles. The molecule has 1 amide bonds. The van der Waals surface area contributed by atoms with Crippen molar-refractivity contribution in [1.29, 1.82) is 0 Å². The number of hydrogen-bond acceptors (Lipinski definition) is 4. The first-order valence-corrected chi connectivity index (χ1v) is 7.01. The molecule has 0 spiro atoms. The van der Waals surface area contributed by atoms with E-state index in [9.17, 15) is 4.79 Å². The van der Waals surface area contributed by atoms with E-state index in [4.69, 9.17) is 5.73 Å². The van der Waals surface area contributed by atoms with Crippen molar-refractivity contribution in [1.82, 2.24) is 19.3 Å². The molecule has 1 aliphatic rings. The summed E-state index contributed by atoms with van der Waals surface area (Å²) >= 11 is 0. The van der Waals surface area contributed by atoms with Crippen molar-refractivity contribution < 1.29 is 4.79 Å². The topological polar surface area (TPSA) is 76.5 Å². The lowest BCUT2D eigenvalue weighted by atomic mass is 9.90. The molecular weight excluding hydrogens is 254 g/mol. The third-order valence-electron chi connectivity index (χ3n) is 4.07. The van der Waals surface area contributed by atoms with Crippen LogP contribution in [0.3, 0.4) is 0 Å². The van der Waals surface area contributed by atoms with Crippen LogP contribution in [0.25, 0.3) is 5.78 Å². The summed E-state index contributed by atoms with van der Waals surface area (Å²) in [6.45, 7) is 3.41. The van der Waals surface area contributed by atoms with Crippen LogP contribution in [0.1, 0.15) is 30.3 Å². The number of likely N-dealkylation sites (tertiary alicyclic amines) is 1. The van der Waals surface area contributed by atoms with Crippen LogP contribution in [0, 0.1) is 5.92 Å². The predicted octanol–water partition coefficient (Wildman–Crippen LogP) is 0.929. The highest BCUT2D eigenvalue weighted by Crippen LogP contribution is 2.24. The first kappa shape index (κ1) is 13.1. The van der Waals surface area contributed by atoms with Gasteiger partial charge in [0, 0.05) is 37.7 Å². The van der Waals surface area contributed by atoms with E-state index in [1.54, 1.807) is 16.8 Å². The Balaban J connectivity index is 1.90. The summed E-state index contributed by atoms with van der Waals surface area (Å²) < 4.78 is 1.76. The Hall–Kier alpha value is -1.95. The Morgan fingerprint density at radius 3 is 3.15 bits per heavy atom. The molecule has 0 aliphatic carbocycles. The molecule has 3 rings (SSSR count). The number of aromatic nitrogens is 3. The molecule has 3 heterocycles. The molecule has 106 valence electrons. The van der Waals surface area contributed by atoms with E-state index in [2.05, 4.69) is 16.9 Å². The fourth-order valence-electron chi connectivity index (χ4n) is 2.94. The molecule has 2 aromatic heterocycles. The number of rotatable bonds is 2. The Labute approximate surface area is 117 Å².